The number of methoxy groups -OCH3 is 1. The topological polar surface area (TPSA) is 84.9 Å². The summed E-state index contributed by atoms with van der Waals surface area (Å²) < 4.78 is 38.1. The van der Waals surface area contributed by atoms with Crippen molar-refractivity contribution < 1.29 is 22.7 Å². The molecule has 2 aromatic rings. The normalized spacial score (nSPS) is 14.7. The number of carbonyl (C=O) groups is 1. The van der Waals surface area contributed by atoms with Crippen LogP contribution in [0, 0.1) is 6.92 Å². The molecule has 8 heteroatoms. The van der Waals surface area contributed by atoms with Crippen LogP contribution in [0.4, 0.5) is 5.69 Å². The number of carbonyl (C=O) groups excluding carboxylic acids is 1. The molecule has 1 heterocycles. The maximum atomic E-state index is 12.7. The number of nitrogens with zero attached hydrogens (tertiary/aromatic N) is 1. The van der Waals surface area contributed by atoms with Crippen LogP contribution < -0.4 is 9.62 Å². The van der Waals surface area contributed by atoms with Crippen LogP contribution in [0.3, 0.4) is 0 Å². The van der Waals surface area contributed by atoms with Gasteiger partial charge in [0.15, 0.2) is 0 Å². The SMILES string of the molecule is COC(=O)c1ccc(C)c(S(=O)(=O)NCc2ccc(N3CCOCC3)cc2)c1. The highest BCUT2D eigenvalue weighted by atomic mass is 32.2. The van der Waals surface area contributed by atoms with E-state index in [1.807, 2.05) is 24.3 Å². The first-order valence-corrected chi connectivity index (χ1v) is 10.5. The van der Waals surface area contributed by atoms with Gasteiger partial charge in [0.2, 0.25) is 10.0 Å². The molecule has 0 saturated carbocycles. The average Bonchev–Trinajstić information content (AvgIpc) is 2.73. The maximum Gasteiger partial charge on any atom is 0.337 e. The van der Waals surface area contributed by atoms with Crippen LogP contribution in [0.2, 0.25) is 0 Å². The third-order valence-corrected chi connectivity index (χ3v) is 6.22. The molecule has 0 bridgehead atoms. The number of sulfonamides is 1. The minimum Gasteiger partial charge on any atom is -0.465 e. The Morgan fingerprint density at radius 2 is 1.82 bits per heavy atom. The Hall–Kier alpha value is -2.42. The van der Waals surface area contributed by atoms with Crippen LogP contribution in [0.1, 0.15) is 21.5 Å². The van der Waals surface area contributed by atoms with E-state index in [2.05, 4.69) is 14.4 Å². The fourth-order valence-electron chi connectivity index (χ4n) is 3.04. The fraction of sp³-hybridized carbons (Fsp3) is 0.350. The van der Waals surface area contributed by atoms with Gasteiger partial charge in [0.25, 0.3) is 0 Å². The molecule has 150 valence electrons. The Balaban J connectivity index is 1.70. The van der Waals surface area contributed by atoms with E-state index in [9.17, 15) is 13.2 Å². The Labute approximate surface area is 165 Å². The lowest BCUT2D eigenvalue weighted by Gasteiger charge is -2.28. The number of rotatable bonds is 6. The largest absolute Gasteiger partial charge is 0.465 e. The Morgan fingerprint density at radius 3 is 2.46 bits per heavy atom. The van der Waals surface area contributed by atoms with E-state index in [1.165, 1.54) is 13.2 Å². The number of aryl methyl sites for hydroxylation is 1. The molecule has 0 aliphatic carbocycles. The number of ether oxygens (including phenoxy) is 2. The van der Waals surface area contributed by atoms with Crippen molar-refractivity contribution in [3.63, 3.8) is 0 Å². The van der Waals surface area contributed by atoms with Gasteiger partial charge in [0, 0.05) is 25.3 Å². The van der Waals surface area contributed by atoms with Crippen molar-refractivity contribution in [3.8, 4) is 0 Å². The van der Waals surface area contributed by atoms with Crippen molar-refractivity contribution in [2.45, 2.75) is 18.4 Å². The van der Waals surface area contributed by atoms with Crippen molar-refractivity contribution in [3.05, 3.63) is 59.2 Å². The second kappa shape index (κ2) is 8.72. The smallest absolute Gasteiger partial charge is 0.337 e. The lowest BCUT2D eigenvalue weighted by atomic mass is 10.1. The molecule has 0 amide bonds. The standard InChI is InChI=1S/C20H24N2O5S/c1-15-3-6-17(20(23)26-2)13-19(15)28(24,25)21-14-16-4-7-18(8-5-16)22-9-11-27-12-10-22/h3-8,13,21H,9-12,14H2,1-2H3. The van der Waals surface area contributed by atoms with E-state index in [4.69, 9.17) is 4.74 Å². The summed E-state index contributed by atoms with van der Waals surface area (Å²) in [5.74, 6) is -0.574. The number of hydrogen-bond acceptors (Lipinski definition) is 6. The molecule has 1 aliphatic rings. The van der Waals surface area contributed by atoms with Crippen molar-refractivity contribution in [2.24, 2.45) is 0 Å². The minimum atomic E-state index is -3.77. The van der Waals surface area contributed by atoms with E-state index in [0.717, 1.165) is 24.3 Å². The first-order valence-electron chi connectivity index (χ1n) is 9.01. The van der Waals surface area contributed by atoms with Gasteiger partial charge >= 0.3 is 5.97 Å². The van der Waals surface area contributed by atoms with Crippen LogP contribution in [0.5, 0.6) is 0 Å². The van der Waals surface area contributed by atoms with Crippen LogP contribution in [0.25, 0.3) is 0 Å². The van der Waals surface area contributed by atoms with E-state index in [1.54, 1.807) is 19.1 Å². The van der Waals surface area contributed by atoms with E-state index >= 15 is 0 Å². The van der Waals surface area contributed by atoms with Gasteiger partial charge in [-0.3, -0.25) is 0 Å². The number of anilines is 1. The van der Waals surface area contributed by atoms with Crippen LogP contribution in [-0.2, 0) is 26.0 Å². The van der Waals surface area contributed by atoms with Crippen molar-refractivity contribution in [2.75, 3.05) is 38.3 Å². The first-order chi connectivity index (χ1) is 13.4. The number of morpholine rings is 1. The molecule has 1 fully saturated rings. The zero-order valence-corrected chi connectivity index (χ0v) is 16.8. The van der Waals surface area contributed by atoms with E-state index < -0.39 is 16.0 Å². The summed E-state index contributed by atoms with van der Waals surface area (Å²) in [6.07, 6.45) is 0. The predicted molar refractivity (Wildman–Crippen MR) is 106 cm³/mol. The fourth-order valence-corrected chi connectivity index (χ4v) is 4.32. The molecule has 0 spiro atoms. The third-order valence-electron chi connectivity index (χ3n) is 4.68. The summed E-state index contributed by atoms with van der Waals surface area (Å²) >= 11 is 0. The molecule has 7 nitrogen and oxygen atoms in total. The molecular weight excluding hydrogens is 380 g/mol. The molecule has 1 N–H and O–H groups in total. The highest BCUT2D eigenvalue weighted by Crippen LogP contribution is 2.19. The number of nitrogens with one attached hydrogen (secondary N) is 1. The first kappa shape index (κ1) is 20.3. The molecule has 0 aromatic heterocycles. The monoisotopic (exact) mass is 404 g/mol. The van der Waals surface area contributed by atoms with Gasteiger partial charge in [-0.25, -0.2) is 17.9 Å². The van der Waals surface area contributed by atoms with Crippen LogP contribution in [-0.4, -0.2) is 47.8 Å². The Bertz CT molecular complexity index is 936. The van der Waals surface area contributed by atoms with Gasteiger partial charge in [0.05, 0.1) is 30.8 Å². The highest BCUT2D eigenvalue weighted by Gasteiger charge is 2.19. The number of esters is 1. The Kier molecular flexibility index (Phi) is 6.33. The lowest BCUT2D eigenvalue weighted by Crippen LogP contribution is -2.36. The molecule has 3 rings (SSSR count). The summed E-state index contributed by atoms with van der Waals surface area (Å²) in [6, 6.07) is 12.3. The van der Waals surface area contributed by atoms with Crippen LogP contribution >= 0.6 is 0 Å². The quantitative estimate of drug-likeness (QED) is 0.742. The average molecular weight is 404 g/mol. The molecular formula is C20H24N2O5S. The van der Waals surface area contributed by atoms with Crippen LogP contribution in [0.15, 0.2) is 47.4 Å². The van der Waals surface area contributed by atoms with Gasteiger partial charge in [-0.2, -0.15) is 0 Å². The van der Waals surface area contributed by atoms with Gasteiger partial charge < -0.3 is 14.4 Å². The van der Waals surface area contributed by atoms with Gasteiger partial charge in [-0.1, -0.05) is 18.2 Å². The Morgan fingerprint density at radius 1 is 1.14 bits per heavy atom. The maximum absolute atomic E-state index is 12.7. The molecule has 0 radical (unpaired) electrons. The van der Waals surface area contributed by atoms with Crippen molar-refractivity contribution >= 4 is 21.7 Å². The zero-order valence-electron chi connectivity index (χ0n) is 16.0. The lowest BCUT2D eigenvalue weighted by molar-refractivity contribution is 0.0600. The molecule has 0 atom stereocenters. The van der Waals surface area contributed by atoms with E-state index in [-0.39, 0.29) is 17.0 Å². The molecule has 0 unspecified atom stereocenters. The highest BCUT2D eigenvalue weighted by molar-refractivity contribution is 7.89. The van der Waals surface area contributed by atoms with Gasteiger partial charge in [-0.15, -0.1) is 0 Å². The summed E-state index contributed by atoms with van der Waals surface area (Å²) in [6.45, 7) is 4.97. The number of benzene rings is 2. The van der Waals surface area contributed by atoms with E-state index in [0.29, 0.717) is 18.8 Å². The second-order valence-corrected chi connectivity index (χ2v) is 8.30. The number of hydrogen-bond donors (Lipinski definition) is 1. The molecule has 2 aromatic carbocycles. The third kappa shape index (κ3) is 4.70. The van der Waals surface area contributed by atoms with Crippen molar-refractivity contribution in [1.29, 1.82) is 0 Å². The summed E-state index contributed by atoms with van der Waals surface area (Å²) in [7, 11) is -2.51. The zero-order chi connectivity index (χ0) is 20.1. The molecule has 1 aliphatic heterocycles. The summed E-state index contributed by atoms with van der Waals surface area (Å²) in [4.78, 5) is 14.0. The minimum absolute atomic E-state index is 0.0698. The molecule has 28 heavy (non-hydrogen) atoms. The second-order valence-electron chi connectivity index (χ2n) is 6.56. The predicted octanol–water partition coefficient (Wildman–Crippen LogP) is 2.10. The summed E-state index contributed by atoms with van der Waals surface area (Å²) in [5, 5.41) is 0. The van der Waals surface area contributed by atoms with Gasteiger partial charge in [0.1, 0.15) is 0 Å². The summed E-state index contributed by atoms with van der Waals surface area (Å²) in [5.41, 5.74) is 2.70. The van der Waals surface area contributed by atoms with Gasteiger partial charge in [-0.05, 0) is 42.3 Å². The van der Waals surface area contributed by atoms with Crippen molar-refractivity contribution in [1.82, 2.24) is 4.72 Å². The molecule has 1 saturated heterocycles.